The molecule has 0 saturated heterocycles. The Bertz CT molecular complexity index is 694. The molecular formula is C27H48O3Si. The maximum absolute atomic E-state index is 12.8. The van der Waals surface area contributed by atoms with E-state index in [-0.39, 0.29) is 23.0 Å². The van der Waals surface area contributed by atoms with Crippen LogP contribution in [0.25, 0.3) is 0 Å². The molecule has 0 aromatic rings. The van der Waals surface area contributed by atoms with Crippen LogP contribution in [0.2, 0.25) is 18.1 Å². The summed E-state index contributed by atoms with van der Waals surface area (Å²) in [6.45, 7) is 26.0. The highest BCUT2D eigenvalue weighted by molar-refractivity contribution is 6.74. The third-order valence-corrected chi connectivity index (χ3v) is 12.1. The molecule has 0 heterocycles. The second-order valence-corrected chi connectivity index (χ2v) is 16.4. The minimum Gasteiger partial charge on any atom is -0.481 e. The van der Waals surface area contributed by atoms with E-state index in [1.807, 2.05) is 0 Å². The van der Waals surface area contributed by atoms with Crippen LogP contribution >= 0.6 is 0 Å². The van der Waals surface area contributed by atoms with Crippen molar-refractivity contribution in [3.05, 3.63) is 35.5 Å². The summed E-state index contributed by atoms with van der Waals surface area (Å²) in [5.74, 6) is -0.739. The lowest BCUT2D eigenvalue weighted by molar-refractivity contribution is -0.148. The van der Waals surface area contributed by atoms with Crippen molar-refractivity contribution in [1.29, 1.82) is 0 Å². The van der Waals surface area contributed by atoms with Gasteiger partial charge < -0.3 is 9.53 Å². The highest BCUT2D eigenvalue weighted by atomic mass is 28.4. The zero-order chi connectivity index (χ0) is 24.1. The number of hydrogen-bond acceptors (Lipinski definition) is 2. The summed E-state index contributed by atoms with van der Waals surface area (Å²) in [5, 5.41) is 10.5. The van der Waals surface area contributed by atoms with Gasteiger partial charge in [0.05, 0.1) is 12.0 Å². The molecule has 1 rings (SSSR count). The lowest BCUT2D eigenvalue weighted by atomic mass is 9.72. The van der Waals surface area contributed by atoms with Crippen LogP contribution in [0.1, 0.15) is 81.1 Å². The molecule has 178 valence electrons. The van der Waals surface area contributed by atoms with Crippen molar-refractivity contribution in [3.8, 4) is 0 Å². The molecule has 0 bridgehead atoms. The van der Waals surface area contributed by atoms with Crippen LogP contribution in [0.4, 0.5) is 0 Å². The maximum atomic E-state index is 12.8. The Morgan fingerprint density at radius 3 is 2.26 bits per heavy atom. The molecule has 0 aliphatic heterocycles. The molecule has 0 saturated carbocycles. The Morgan fingerprint density at radius 1 is 1.23 bits per heavy atom. The fourth-order valence-corrected chi connectivity index (χ4v) is 5.55. The number of carboxylic acids is 1. The molecule has 0 amide bonds. The summed E-state index contributed by atoms with van der Waals surface area (Å²) >= 11 is 0. The van der Waals surface area contributed by atoms with E-state index in [9.17, 15) is 9.90 Å². The van der Waals surface area contributed by atoms with Gasteiger partial charge in [-0.05, 0) is 87.9 Å². The fourth-order valence-electron chi connectivity index (χ4n) is 4.23. The second kappa shape index (κ2) is 11.1. The second-order valence-electron chi connectivity index (χ2n) is 11.6. The Morgan fingerprint density at radius 2 is 1.81 bits per heavy atom. The molecule has 1 aliphatic carbocycles. The predicted molar refractivity (Wildman–Crippen MR) is 136 cm³/mol. The number of carbonyl (C=O) groups is 1. The first-order valence-corrected chi connectivity index (χ1v) is 14.9. The Hall–Kier alpha value is -1.13. The van der Waals surface area contributed by atoms with Crippen LogP contribution in [0.15, 0.2) is 35.5 Å². The van der Waals surface area contributed by atoms with Crippen molar-refractivity contribution in [2.24, 2.45) is 23.7 Å². The number of aliphatic carboxylic acids is 1. The average molecular weight is 449 g/mol. The van der Waals surface area contributed by atoms with Gasteiger partial charge in [-0.25, -0.2) is 0 Å². The first kappa shape index (κ1) is 27.9. The Labute approximate surface area is 193 Å². The molecule has 1 N–H and O–H groups in total. The fraction of sp³-hybridized carbons (Fsp3) is 0.741. The predicted octanol–water partition coefficient (Wildman–Crippen LogP) is 8.01. The molecule has 0 aromatic carbocycles. The highest BCUT2D eigenvalue weighted by Gasteiger charge is 2.45. The van der Waals surface area contributed by atoms with Crippen LogP contribution in [-0.2, 0) is 9.22 Å². The van der Waals surface area contributed by atoms with Crippen molar-refractivity contribution in [2.45, 2.75) is 105 Å². The summed E-state index contributed by atoms with van der Waals surface area (Å²) in [6, 6.07) is 0. The lowest BCUT2D eigenvalue weighted by Gasteiger charge is -2.43. The Balaban J connectivity index is 3.60. The van der Waals surface area contributed by atoms with Crippen LogP contribution in [0.5, 0.6) is 0 Å². The van der Waals surface area contributed by atoms with E-state index in [2.05, 4.69) is 87.2 Å². The lowest BCUT2D eigenvalue weighted by Crippen LogP contribution is -2.49. The number of hydrogen-bond donors (Lipinski definition) is 1. The maximum Gasteiger partial charge on any atom is 0.309 e. The number of allylic oxidation sites excluding steroid dienone is 4. The third-order valence-electron chi connectivity index (χ3n) is 7.61. The van der Waals surface area contributed by atoms with E-state index in [0.717, 1.165) is 36.8 Å². The van der Waals surface area contributed by atoms with Crippen LogP contribution in [0, 0.1) is 23.7 Å². The normalized spacial score (nSPS) is 30.4. The third kappa shape index (κ3) is 7.75. The van der Waals surface area contributed by atoms with Crippen molar-refractivity contribution in [3.63, 3.8) is 0 Å². The highest BCUT2D eigenvalue weighted by Crippen LogP contribution is 2.43. The molecule has 4 heteroatoms. The summed E-state index contributed by atoms with van der Waals surface area (Å²) < 4.78 is 6.89. The van der Waals surface area contributed by atoms with Gasteiger partial charge in [-0.3, -0.25) is 4.79 Å². The quantitative estimate of drug-likeness (QED) is 0.342. The van der Waals surface area contributed by atoms with Gasteiger partial charge in [0, 0.05) is 0 Å². The van der Waals surface area contributed by atoms with Crippen molar-refractivity contribution < 1.29 is 14.3 Å². The molecule has 0 radical (unpaired) electrons. The minimum atomic E-state index is -2.16. The van der Waals surface area contributed by atoms with E-state index >= 15 is 0 Å². The average Bonchev–Trinajstić information content (AvgIpc) is 2.59. The monoisotopic (exact) mass is 448 g/mol. The molecule has 31 heavy (non-hydrogen) atoms. The van der Waals surface area contributed by atoms with Gasteiger partial charge >= 0.3 is 5.97 Å². The zero-order valence-electron chi connectivity index (χ0n) is 21.8. The van der Waals surface area contributed by atoms with Gasteiger partial charge in [0.25, 0.3) is 0 Å². The molecule has 1 unspecified atom stereocenters. The van der Waals surface area contributed by atoms with Gasteiger partial charge in [-0.2, -0.15) is 0 Å². The van der Waals surface area contributed by atoms with E-state index < -0.39 is 20.2 Å². The molecule has 0 spiro atoms. The van der Waals surface area contributed by atoms with E-state index in [1.165, 1.54) is 5.57 Å². The summed E-state index contributed by atoms with van der Waals surface area (Å²) in [7, 11) is -2.16. The van der Waals surface area contributed by atoms with Gasteiger partial charge in [0.1, 0.15) is 0 Å². The Kier molecular flexibility index (Phi) is 10.0. The van der Waals surface area contributed by atoms with Crippen LogP contribution in [-0.4, -0.2) is 25.5 Å². The van der Waals surface area contributed by atoms with Crippen molar-refractivity contribution in [2.75, 3.05) is 0 Å². The van der Waals surface area contributed by atoms with Crippen LogP contribution in [0.3, 0.4) is 0 Å². The number of carboxylic acid groups (broad SMARTS) is 1. The molecule has 4 atom stereocenters. The first-order valence-electron chi connectivity index (χ1n) is 12.0. The van der Waals surface area contributed by atoms with Crippen LogP contribution < -0.4 is 0 Å². The standard InChI is InChI=1S/C27H48O3Si/c1-18(2)22-16-15-20(5)13-12-14-21(6)25(30-31(10,11)27(7,8)9)24(26(28)29)23(17-22)19(3)4/h14-15,19,22-25H,1,12-13,16-17H2,2-11H3,(H,28,29)/b20-15+,21-14+/t22-,23?,24+,25+/m1/s1. The van der Waals surface area contributed by atoms with E-state index in [0.29, 0.717) is 5.92 Å². The smallest absolute Gasteiger partial charge is 0.309 e. The summed E-state index contributed by atoms with van der Waals surface area (Å²) in [4.78, 5) is 12.8. The molecule has 0 aromatic heterocycles. The van der Waals surface area contributed by atoms with E-state index in [4.69, 9.17) is 4.43 Å². The molecular weight excluding hydrogens is 400 g/mol. The summed E-state index contributed by atoms with van der Waals surface area (Å²) in [6.07, 6.45) is 7.85. The molecule has 0 fully saturated rings. The van der Waals surface area contributed by atoms with Crippen molar-refractivity contribution in [1.82, 2.24) is 0 Å². The van der Waals surface area contributed by atoms with E-state index in [1.54, 1.807) is 0 Å². The molecule has 3 nitrogen and oxygen atoms in total. The SMILES string of the molecule is C=C(C)[C@@H]1C/C=C(\C)CC/C=C(\C)[C@H](O[Si](C)(C)C(C)(C)C)[C@@H](C(=O)O)C(C(C)C)C1. The summed E-state index contributed by atoms with van der Waals surface area (Å²) in [5.41, 5.74) is 3.61. The minimum absolute atomic E-state index is 0.0189. The largest absolute Gasteiger partial charge is 0.481 e. The topological polar surface area (TPSA) is 46.5 Å². The van der Waals surface area contributed by atoms with Gasteiger partial charge in [-0.1, -0.05) is 64.5 Å². The molecule has 1 aliphatic rings. The van der Waals surface area contributed by atoms with Gasteiger partial charge in [-0.15, -0.1) is 0 Å². The van der Waals surface area contributed by atoms with Crippen molar-refractivity contribution >= 4 is 14.3 Å². The first-order chi connectivity index (χ1) is 14.1. The number of rotatable bonds is 5. The van der Waals surface area contributed by atoms with Gasteiger partial charge in [0.2, 0.25) is 0 Å². The zero-order valence-corrected chi connectivity index (χ0v) is 22.8. The van der Waals surface area contributed by atoms with Gasteiger partial charge in [0.15, 0.2) is 8.32 Å².